The molecule has 1 saturated carbocycles. The summed E-state index contributed by atoms with van der Waals surface area (Å²) in [6.07, 6.45) is 1.37. The van der Waals surface area contributed by atoms with Crippen LogP contribution in [0.15, 0.2) is 60.8 Å². The number of allylic oxidation sites excluding steroid dienone is 1. The highest BCUT2D eigenvalue weighted by molar-refractivity contribution is 6.09. The minimum absolute atomic E-state index is 0.134. The fourth-order valence-corrected chi connectivity index (χ4v) is 3.87. The predicted octanol–water partition coefficient (Wildman–Crippen LogP) is 4.41. The Labute approximate surface area is 205 Å². The lowest BCUT2D eigenvalue weighted by molar-refractivity contribution is -0.143. The molecule has 4 rings (SSSR count). The van der Waals surface area contributed by atoms with E-state index in [4.69, 9.17) is 10.1 Å². The van der Waals surface area contributed by atoms with E-state index in [1.807, 2.05) is 30.3 Å². The predicted molar refractivity (Wildman–Crippen MR) is 128 cm³/mol. The van der Waals surface area contributed by atoms with Crippen molar-refractivity contribution in [2.75, 3.05) is 19.5 Å². The van der Waals surface area contributed by atoms with Crippen molar-refractivity contribution in [1.82, 2.24) is 20.3 Å². The molecule has 11 heteroatoms. The van der Waals surface area contributed by atoms with Crippen LogP contribution < -0.4 is 10.6 Å². The smallest absolute Gasteiger partial charge is 0.434 e. The van der Waals surface area contributed by atoms with Crippen LogP contribution in [0, 0.1) is 5.41 Å². The molecule has 0 atom stereocenters. The van der Waals surface area contributed by atoms with E-state index in [-0.39, 0.29) is 17.6 Å². The maximum Gasteiger partial charge on any atom is 0.434 e. The molecule has 1 fully saturated rings. The molecule has 0 saturated heterocycles. The Morgan fingerprint density at radius 1 is 1.08 bits per heavy atom. The number of nitrogens with zero attached hydrogens (tertiary/aromatic N) is 3. The number of carbonyl (C=O) groups is 1. The fraction of sp³-hybridized carbons (Fsp3) is 0.240. The lowest BCUT2D eigenvalue weighted by atomic mass is 9.94. The summed E-state index contributed by atoms with van der Waals surface area (Å²) < 4.78 is 43.8. The summed E-state index contributed by atoms with van der Waals surface area (Å²) in [6, 6.07) is 11.2. The van der Waals surface area contributed by atoms with Crippen LogP contribution >= 0.6 is 0 Å². The van der Waals surface area contributed by atoms with Crippen LogP contribution in [0.4, 0.5) is 19.0 Å². The van der Waals surface area contributed by atoms with Gasteiger partial charge in [0.05, 0.1) is 36.2 Å². The highest BCUT2D eigenvalue weighted by Gasteiger charge is 2.52. The van der Waals surface area contributed by atoms with E-state index in [1.54, 1.807) is 19.3 Å². The second-order valence-corrected chi connectivity index (χ2v) is 8.18. The number of anilines is 1. The van der Waals surface area contributed by atoms with Crippen molar-refractivity contribution in [3.8, 4) is 11.1 Å². The molecule has 0 aliphatic heterocycles. The number of pyridine rings is 1. The standard InChI is InChI=1S/C25H23F3N6O2/c1-30-22(34-21-14-31-13-20(33-21)25(26,27)28)18(11-29)19-8-5-16(12-32-19)15-3-6-17(7-4-15)24(9-10-24)23(35)36-2/h3-8,11-14,29-30H,9-10H2,1-2H3,(H,33,34)/b22-18-,29-11?. The first kappa shape index (κ1) is 24.8. The molecule has 0 radical (unpaired) electrons. The summed E-state index contributed by atoms with van der Waals surface area (Å²) >= 11 is 0. The number of aromatic nitrogens is 3. The first-order chi connectivity index (χ1) is 17.2. The largest absolute Gasteiger partial charge is 0.468 e. The lowest BCUT2D eigenvalue weighted by Gasteiger charge is -2.15. The van der Waals surface area contributed by atoms with Gasteiger partial charge in [-0.15, -0.1) is 0 Å². The van der Waals surface area contributed by atoms with Gasteiger partial charge < -0.3 is 20.8 Å². The zero-order valence-corrected chi connectivity index (χ0v) is 19.5. The number of alkyl halides is 3. The van der Waals surface area contributed by atoms with E-state index < -0.39 is 17.3 Å². The van der Waals surface area contributed by atoms with Gasteiger partial charge in [-0.05, 0) is 30.0 Å². The third-order valence-electron chi connectivity index (χ3n) is 5.98. The van der Waals surface area contributed by atoms with Crippen LogP contribution in [0.3, 0.4) is 0 Å². The fourth-order valence-electron chi connectivity index (χ4n) is 3.87. The van der Waals surface area contributed by atoms with Gasteiger partial charge in [0, 0.05) is 25.0 Å². The van der Waals surface area contributed by atoms with Gasteiger partial charge in [0.1, 0.15) is 5.82 Å². The Hall–Kier alpha value is -4.28. The average Bonchev–Trinajstić information content (AvgIpc) is 3.70. The second kappa shape index (κ2) is 9.76. The van der Waals surface area contributed by atoms with E-state index in [0.29, 0.717) is 17.5 Å². The third kappa shape index (κ3) is 4.90. The average molecular weight is 496 g/mol. The lowest BCUT2D eigenvalue weighted by Crippen LogP contribution is -2.21. The van der Waals surface area contributed by atoms with Crippen LogP contribution in [0.5, 0.6) is 0 Å². The Morgan fingerprint density at radius 2 is 1.78 bits per heavy atom. The van der Waals surface area contributed by atoms with Crippen LogP contribution in [-0.4, -0.2) is 41.3 Å². The van der Waals surface area contributed by atoms with Crippen molar-refractivity contribution in [3.05, 3.63) is 77.8 Å². The maximum absolute atomic E-state index is 13.0. The monoisotopic (exact) mass is 496 g/mol. The van der Waals surface area contributed by atoms with E-state index >= 15 is 0 Å². The summed E-state index contributed by atoms with van der Waals surface area (Å²) in [5.41, 5.74) is 1.69. The van der Waals surface area contributed by atoms with Gasteiger partial charge in [0.25, 0.3) is 0 Å². The van der Waals surface area contributed by atoms with E-state index in [0.717, 1.165) is 41.9 Å². The third-order valence-corrected chi connectivity index (χ3v) is 5.98. The Kier molecular flexibility index (Phi) is 6.73. The Balaban J connectivity index is 1.57. The second-order valence-electron chi connectivity index (χ2n) is 8.18. The van der Waals surface area contributed by atoms with Crippen molar-refractivity contribution in [2.45, 2.75) is 24.4 Å². The number of hydrogen-bond acceptors (Lipinski definition) is 8. The van der Waals surface area contributed by atoms with Crippen molar-refractivity contribution >= 4 is 23.6 Å². The number of ether oxygens (including phenoxy) is 1. The number of benzene rings is 1. The quantitative estimate of drug-likeness (QED) is 0.313. The molecule has 0 amide bonds. The van der Waals surface area contributed by atoms with Gasteiger partial charge >= 0.3 is 12.1 Å². The molecule has 1 aliphatic carbocycles. The first-order valence-electron chi connectivity index (χ1n) is 11.0. The minimum Gasteiger partial charge on any atom is -0.468 e. The molecule has 1 aliphatic rings. The first-order valence-corrected chi connectivity index (χ1v) is 11.0. The van der Waals surface area contributed by atoms with Crippen LogP contribution in [-0.2, 0) is 21.1 Å². The summed E-state index contributed by atoms with van der Waals surface area (Å²) in [4.78, 5) is 23.7. The number of halogens is 3. The van der Waals surface area contributed by atoms with Gasteiger partial charge in [0.15, 0.2) is 11.5 Å². The van der Waals surface area contributed by atoms with E-state index in [2.05, 4.69) is 25.6 Å². The van der Waals surface area contributed by atoms with Gasteiger partial charge in [0.2, 0.25) is 0 Å². The van der Waals surface area contributed by atoms with Gasteiger partial charge in [-0.2, -0.15) is 13.2 Å². The summed E-state index contributed by atoms with van der Waals surface area (Å²) in [5, 5.41) is 13.4. The zero-order chi connectivity index (χ0) is 25.9. The molecule has 2 aromatic heterocycles. The SMILES string of the molecule is CN/C(Nc1cncc(C(F)(F)F)n1)=C(\C=N)c1ccc(-c2ccc(C3(C(=O)OC)CC3)cc2)cn1. The molecule has 3 N–H and O–H groups in total. The number of methoxy groups -OCH3 is 1. The summed E-state index contributed by atoms with van der Waals surface area (Å²) in [5.74, 6) is -0.122. The van der Waals surface area contributed by atoms with Crippen molar-refractivity contribution in [3.63, 3.8) is 0 Å². The molecule has 2 heterocycles. The molecule has 0 unspecified atom stereocenters. The van der Waals surface area contributed by atoms with Gasteiger partial charge in [-0.1, -0.05) is 30.3 Å². The molecule has 0 bridgehead atoms. The highest BCUT2D eigenvalue weighted by Crippen LogP contribution is 2.49. The maximum atomic E-state index is 13.0. The molecular formula is C25H23F3N6O2. The Morgan fingerprint density at radius 3 is 2.31 bits per heavy atom. The molecule has 8 nitrogen and oxygen atoms in total. The number of rotatable bonds is 8. The van der Waals surface area contributed by atoms with E-state index in [1.165, 1.54) is 7.11 Å². The van der Waals surface area contributed by atoms with Crippen LogP contribution in [0.1, 0.15) is 29.8 Å². The molecular weight excluding hydrogens is 473 g/mol. The van der Waals surface area contributed by atoms with Gasteiger partial charge in [-0.25, -0.2) is 4.98 Å². The van der Waals surface area contributed by atoms with E-state index in [9.17, 15) is 18.0 Å². The number of nitrogens with one attached hydrogen (secondary N) is 3. The molecule has 0 spiro atoms. The normalized spacial score (nSPS) is 14.9. The van der Waals surface area contributed by atoms with Crippen LogP contribution in [0.25, 0.3) is 16.7 Å². The minimum atomic E-state index is -4.63. The van der Waals surface area contributed by atoms with Crippen molar-refractivity contribution in [1.29, 1.82) is 5.41 Å². The molecule has 186 valence electrons. The number of carbonyl (C=O) groups excluding carboxylic acids is 1. The molecule has 36 heavy (non-hydrogen) atoms. The van der Waals surface area contributed by atoms with Gasteiger partial charge in [-0.3, -0.25) is 14.8 Å². The van der Waals surface area contributed by atoms with Crippen molar-refractivity contribution < 1.29 is 22.7 Å². The number of esters is 1. The summed E-state index contributed by atoms with van der Waals surface area (Å²) in [7, 11) is 2.95. The topological polar surface area (TPSA) is 113 Å². The van der Waals surface area contributed by atoms with Crippen LogP contribution in [0.2, 0.25) is 0 Å². The summed E-state index contributed by atoms with van der Waals surface area (Å²) in [6.45, 7) is 0. The number of hydrogen-bond donors (Lipinski definition) is 3. The highest BCUT2D eigenvalue weighted by atomic mass is 19.4. The van der Waals surface area contributed by atoms with Crippen molar-refractivity contribution in [2.24, 2.45) is 0 Å². The molecule has 1 aromatic carbocycles. The Bertz CT molecular complexity index is 1300. The zero-order valence-electron chi connectivity index (χ0n) is 19.5. The molecule has 3 aromatic rings.